The summed E-state index contributed by atoms with van der Waals surface area (Å²) in [6.07, 6.45) is 4.76. The maximum Gasteiger partial charge on any atom is 0.225 e. The number of likely N-dealkylation sites (tertiary alicyclic amines) is 1. The van der Waals surface area contributed by atoms with E-state index in [1.54, 1.807) is 4.52 Å². The van der Waals surface area contributed by atoms with Crippen molar-refractivity contribution >= 4 is 38.9 Å². The van der Waals surface area contributed by atoms with Crippen LogP contribution in [0.1, 0.15) is 19.3 Å². The summed E-state index contributed by atoms with van der Waals surface area (Å²) in [6, 6.07) is 8.23. The van der Waals surface area contributed by atoms with E-state index in [1.807, 2.05) is 35.4 Å². The van der Waals surface area contributed by atoms with Crippen LogP contribution in [0.2, 0.25) is 5.02 Å². The Bertz CT molecular complexity index is 914. The highest BCUT2D eigenvalue weighted by Gasteiger charge is 2.39. The fraction of sp³-hybridized carbons (Fsp3) is 0.353. The van der Waals surface area contributed by atoms with Gasteiger partial charge in [0.2, 0.25) is 16.0 Å². The summed E-state index contributed by atoms with van der Waals surface area (Å²) >= 11 is 7.43. The van der Waals surface area contributed by atoms with Crippen molar-refractivity contribution in [2.45, 2.75) is 31.3 Å². The lowest BCUT2D eigenvalue weighted by Gasteiger charge is -2.15. The zero-order valence-electron chi connectivity index (χ0n) is 13.4. The first-order valence-corrected chi connectivity index (χ1v) is 9.53. The highest BCUT2D eigenvalue weighted by Crippen LogP contribution is 2.32. The average Bonchev–Trinajstić information content (AvgIpc) is 3.10. The number of halogens is 1. The largest absolute Gasteiger partial charge is 0.355 e. The Labute approximate surface area is 153 Å². The highest BCUT2D eigenvalue weighted by molar-refractivity contribution is 7.20. The Kier molecular flexibility index (Phi) is 3.46. The smallest absolute Gasteiger partial charge is 0.225 e. The third kappa shape index (κ3) is 2.87. The van der Waals surface area contributed by atoms with Crippen molar-refractivity contribution in [2.75, 3.05) is 11.9 Å². The molecule has 1 atom stereocenters. The normalized spacial score (nSPS) is 20.6. The molecule has 0 spiro atoms. The predicted molar refractivity (Wildman–Crippen MR) is 98.1 cm³/mol. The summed E-state index contributed by atoms with van der Waals surface area (Å²) in [5.41, 5.74) is 1.89. The van der Waals surface area contributed by atoms with Gasteiger partial charge < -0.3 is 10.2 Å². The van der Waals surface area contributed by atoms with Gasteiger partial charge in [0.1, 0.15) is 0 Å². The molecule has 6 nitrogen and oxygen atoms in total. The van der Waals surface area contributed by atoms with Gasteiger partial charge in [-0.2, -0.15) is 0 Å². The van der Waals surface area contributed by atoms with E-state index in [2.05, 4.69) is 15.4 Å². The Morgan fingerprint density at radius 1 is 1.24 bits per heavy atom. The fourth-order valence-electron chi connectivity index (χ4n) is 3.26. The molecule has 1 aliphatic heterocycles. The molecule has 128 valence electrons. The van der Waals surface area contributed by atoms with Crippen molar-refractivity contribution in [3.8, 4) is 11.3 Å². The molecular weight excluding hydrogens is 358 g/mol. The molecule has 1 aliphatic carbocycles. The van der Waals surface area contributed by atoms with Crippen molar-refractivity contribution in [2.24, 2.45) is 0 Å². The summed E-state index contributed by atoms with van der Waals surface area (Å²) in [6.45, 7) is 0.779. The quantitative estimate of drug-likeness (QED) is 0.762. The number of hydrogen-bond acceptors (Lipinski definition) is 5. The van der Waals surface area contributed by atoms with Crippen LogP contribution in [0.4, 0.5) is 5.13 Å². The van der Waals surface area contributed by atoms with Gasteiger partial charge in [0, 0.05) is 29.6 Å². The maximum absolute atomic E-state index is 12.0. The number of amides is 1. The van der Waals surface area contributed by atoms with E-state index in [-0.39, 0.29) is 11.9 Å². The summed E-state index contributed by atoms with van der Waals surface area (Å²) in [7, 11) is 0. The van der Waals surface area contributed by atoms with Crippen molar-refractivity contribution in [1.82, 2.24) is 19.5 Å². The van der Waals surface area contributed by atoms with Crippen molar-refractivity contribution in [3.63, 3.8) is 0 Å². The number of anilines is 1. The number of hydrogen-bond donors (Lipinski definition) is 1. The molecule has 1 unspecified atom stereocenters. The molecule has 3 heterocycles. The molecule has 5 rings (SSSR count). The molecule has 1 saturated heterocycles. The molecule has 1 N–H and O–H groups in total. The van der Waals surface area contributed by atoms with E-state index in [0.717, 1.165) is 40.7 Å². The summed E-state index contributed by atoms with van der Waals surface area (Å²) < 4.78 is 1.78. The lowest BCUT2D eigenvalue weighted by Crippen LogP contribution is -2.29. The van der Waals surface area contributed by atoms with Crippen LogP contribution in [0.15, 0.2) is 30.5 Å². The summed E-state index contributed by atoms with van der Waals surface area (Å²) in [5.74, 6) is 0.256. The third-order valence-corrected chi connectivity index (χ3v) is 5.76. The zero-order chi connectivity index (χ0) is 17.0. The van der Waals surface area contributed by atoms with Crippen LogP contribution in [0.25, 0.3) is 16.2 Å². The molecule has 0 bridgehead atoms. The predicted octanol–water partition coefficient (Wildman–Crippen LogP) is 3.29. The van der Waals surface area contributed by atoms with E-state index >= 15 is 0 Å². The van der Waals surface area contributed by atoms with Gasteiger partial charge in [0.15, 0.2) is 0 Å². The maximum atomic E-state index is 12.0. The number of rotatable bonds is 4. The number of nitrogens with zero attached hydrogens (tertiary/aromatic N) is 4. The minimum atomic E-state index is 0.139. The molecule has 8 heteroatoms. The number of carbonyl (C=O) groups excluding carboxylic acids is 1. The molecular formula is C17H16ClN5OS. The van der Waals surface area contributed by atoms with E-state index in [4.69, 9.17) is 11.6 Å². The van der Waals surface area contributed by atoms with Crippen LogP contribution in [-0.2, 0) is 4.79 Å². The second-order valence-corrected chi connectivity index (χ2v) is 7.98. The first-order chi connectivity index (χ1) is 12.2. The molecule has 1 aromatic carbocycles. The molecule has 1 saturated carbocycles. The first-order valence-electron chi connectivity index (χ1n) is 8.34. The van der Waals surface area contributed by atoms with Crippen molar-refractivity contribution in [1.29, 1.82) is 0 Å². The lowest BCUT2D eigenvalue weighted by atomic mass is 10.2. The van der Waals surface area contributed by atoms with E-state index in [9.17, 15) is 4.79 Å². The third-order valence-electron chi connectivity index (χ3n) is 4.66. The lowest BCUT2D eigenvalue weighted by molar-refractivity contribution is -0.128. The van der Waals surface area contributed by atoms with Gasteiger partial charge in [-0.3, -0.25) is 4.79 Å². The number of nitrogens with one attached hydrogen (secondary N) is 1. The summed E-state index contributed by atoms with van der Waals surface area (Å²) in [4.78, 5) is 19.5. The molecule has 0 radical (unpaired) electrons. The molecule has 1 amide bonds. The molecule has 2 fully saturated rings. The van der Waals surface area contributed by atoms with Gasteiger partial charge in [-0.25, -0.2) is 9.50 Å². The van der Waals surface area contributed by atoms with Gasteiger partial charge in [-0.15, -0.1) is 5.10 Å². The number of fused-ring (bicyclic) bond motifs is 1. The molecule has 25 heavy (non-hydrogen) atoms. The minimum absolute atomic E-state index is 0.139. The first kappa shape index (κ1) is 15.2. The van der Waals surface area contributed by atoms with E-state index in [0.29, 0.717) is 17.5 Å². The SMILES string of the molecule is O=C1CC(Nc2nn3cc(-c4ccc(Cl)cc4)nc3s2)CN1C1CC1. The minimum Gasteiger partial charge on any atom is -0.355 e. The van der Waals surface area contributed by atoms with Crippen LogP contribution in [0.3, 0.4) is 0 Å². The van der Waals surface area contributed by atoms with E-state index in [1.165, 1.54) is 11.3 Å². The Morgan fingerprint density at radius 3 is 2.76 bits per heavy atom. The van der Waals surface area contributed by atoms with Crippen molar-refractivity contribution < 1.29 is 4.79 Å². The summed E-state index contributed by atoms with van der Waals surface area (Å²) in [5, 5.41) is 9.46. The number of benzene rings is 1. The standard InChI is InChI=1S/C17H16ClN5OS/c18-11-3-1-10(2-4-11)14-9-23-17(20-14)25-16(21-23)19-12-7-15(24)22(8-12)13-5-6-13/h1-4,9,12-13H,5-8H2,(H,19,21). The van der Waals surface area contributed by atoms with Gasteiger partial charge in [0.25, 0.3) is 0 Å². The second-order valence-electron chi connectivity index (χ2n) is 6.59. The highest BCUT2D eigenvalue weighted by atomic mass is 35.5. The van der Waals surface area contributed by atoms with Gasteiger partial charge in [0.05, 0.1) is 17.9 Å². The van der Waals surface area contributed by atoms with Crippen molar-refractivity contribution in [3.05, 3.63) is 35.5 Å². The van der Waals surface area contributed by atoms with Crippen LogP contribution in [0.5, 0.6) is 0 Å². The number of aromatic nitrogens is 3. The fourth-order valence-corrected chi connectivity index (χ4v) is 4.24. The zero-order valence-corrected chi connectivity index (χ0v) is 14.9. The monoisotopic (exact) mass is 373 g/mol. The van der Waals surface area contributed by atoms with Crippen LogP contribution in [-0.4, -0.2) is 44.0 Å². The van der Waals surface area contributed by atoms with Crippen LogP contribution in [0, 0.1) is 0 Å². The number of imidazole rings is 1. The molecule has 2 aliphatic rings. The topological polar surface area (TPSA) is 62.5 Å². The Balaban J connectivity index is 1.33. The van der Waals surface area contributed by atoms with Crippen LogP contribution >= 0.6 is 22.9 Å². The Hall–Kier alpha value is -2.12. The van der Waals surface area contributed by atoms with Gasteiger partial charge >= 0.3 is 0 Å². The molecule has 3 aromatic rings. The number of carbonyl (C=O) groups is 1. The van der Waals surface area contributed by atoms with Gasteiger partial charge in [-0.05, 0) is 25.0 Å². The molecule has 2 aromatic heterocycles. The Morgan fingerprint density at radius 2 is 2.04 bits per heavy atom. The average molecular weight is 374 g/mol. The van der Waals surface area contributed by atoms with Gasteiger partial charge in [-0.1, -0.05) is 35.1 Å². The second kappa shape index (κ2) is 5.71. The van der Waals surface area contributed by atoms with Crippen LogP contribution < -0.4 is 5.32 Å². The van der Waals surface area contributed by atoms with E-state index < -0.39 is 0 Å².